The first kappa shape index (κ1) is 33.8. The molecule has 1 aliphatic heterocycles. The summed E-state index contributed by atoms with van der Waals surface area (Å²) in [4.78, 5) is 73.0. The van der Waals surface area contributed by atoms with Crippen molar-refractivity contribution in [3.8, 4) is 0 Å². The van der Waals surface area contributed by atoms with Gasteiger partial charge in [0.05, 0.1) is 23.4 Å². The van der Waals surface area contributed by atoms with Gasteiger partial charge >= 0.3 is 15.6 Å². The van der Waals surface area contributed by atoms with Crippen LogP contribution in [-0.2, 0) is 38.2 Å². The Balaban J connectivity index is 1.74. The first-order valence-electron chi connectivity index (χ1n) is 12.6. The quantitative estimate of drug-likeness (QED) is 0.0730. The van der Waals surface area contributed by atoms with Gasteiger partial charge in [0.25, 0.3) is 11.2 Å². The number of rotatable bonds is 11. The van der Waals surface area contributed by atoms with E-state index >= 15 is 0 Å². The molecule has 0 amide bonds. The third-order valence-corrected chi connectivity index (χ3v) is 8.73. The molecule has 0 saturated carbocycles. The topological polar surface area (TPSA) is 294 Å². The lowest BCUT2D eigenvalue weighted by molar-refractivity contribution is -0.404. The summed E-state index contributed by atoms with van der Waals surface area (Å²) in [6.45, 7) is 5.54. The Hall–Kier alpha value is -3.13. The number of ether oxygens (including phenoxy) is 1. The SMILES string of the molecule is CC(C)(C)[C@@H](OO[C@@H]1[C@H](O)[C@@H](COP(=O)(O)OP(=O)(O)O)O[C@@]1(C)n1cnc2c(=O)[nH]c(N)nc21)c1ccccc1[N+](=O)[O-]. The van der Waals surface area contributed by atoms with E-state index in [1.54, 1.807) is 26.8 Å². The Morgan fingerprint density at radius 1 is 1.27 bits per heavy atom. The van der Waals surface area contributed by atoms with Crippen LogP contribution in [0.4, 0.5) is 11.6 Å². The average molecular weight is 664 g/mol. The molecular formula is C22H30N6O14P2. The maximum absolute atomic E-state index is 12.4. The van der Waals surface area contributed by atoms with Crippen LogP contribution in [0.25, 0.3) is 11.2 Å². The second-order valence-electron chi connectivity index (χ2n) is 11.0. The first-order valence-corrected chi connectivity index (χ1v) is 15.6. The van der Waals surface area contributed by atoms with Gasteiger partial charge in [-0.25, -0.2) is 23.9 Å². The minimum Gasteiger partial charge on any atom is -0.387 e. The fourth-order valence-electron chi connectivity index (χ4n) is 4.66. The van der Waals surface area contributed by atoms with Crippen molar-refractivity contribution < 1.29 is 57.2 Å². The van der Waals surface area contributed by atoms with Crippen molar-refractivity contribution in [2.75, 3.05) is 12.3 Å². The van der Waals surface area contributed by atoms with Crippen molar-refractivity contribution in [1.82, 2.24) is 19.5 Å². The summed E-state index contributed by atoms with van der Waals surface area (Å²) in [5.74, 6) is -0.292. The number of fused-ring (bicyclic) bond motifs is 1. The van der Waals surface area contributed by atoms with Gasteiger partial charge in [-0.1, -0.05) is 32.9 Å². The number of nitro benzene ring substituents is 1. The molecule has 20 nitrogen and oxygen atoms in total. The minimum absolute atomic E-state index is 0.125. The van der Waals surface area contributed by atoms with E-state index in [9.17, 15) is 34.0 Å². The van der Waals surface area contributed by atoms with Crippen LogP contribution < -0.4 is 11.3 Å². The Morgan fingerprint density at radius 2 is 1.93 bits per heavy atom. The summed E-state index contributed by atoms with van der Waals surface area (Å²) < 4.78 is 38.7. The Labute approximate surface area is 247 Å². The molecule has 4 rings (SSSR count). The number of anilines is 1. The number of phosphoric acid groups is 2. The molecule has 3 aromatic rings. The van der Waals surface area contributed by atoms with Crippen molar-refractivity contribution in [3.05, 3.63) is 56.6 Å². The van der Waals surface area contributed by atoms with Gasteiger partial charge < -0.3 is 30.3 Å². The zero-order valence-corrected chi connectivity index (χ0v) is 25.3. The number of nitrogen functional groups attached to an aromatic ring is 1. The molecule has 1 fully saturated rings. The van der Waals surface area contributed by atoms with Gasteiger partial charge in [-0.2, -0.15) is 9.29 Å². The van der Waals surface area contributed by atoms with E-state index in [2.05, 4.69) is 23.8 Å². The maximum Gasteiger partial charge on any atom is 0.481 e. The number of para-hydroxylation sites is 1. The molecule has 242 valence electrons. The lowest BCUT2D eigenvalue weighted by Gasteiger charge is -2.35. The van der Waals surface area contributed by atoms with E-state index in [0.29, 0.717) is 0 Å². The van der Waals surface area contributed by atoms with Crippen LogP contribution in [-0.4, -0.2) is 69.1 Å². The van der Waals surface area contributed by atoms with E-state index in [1.807, 2.05) is 0 Å². The van der Waals surface area contributed by atoms with Gasteiger partial charge in [-0.3, -0.25) is 29.0 Å². The fraction of sp³-hybridized carbons (Fsp3) is 0.500. The van der Waals surface area contributed by atoms with Crippen molar-refractivity contribution in [3.63, 3.8) is 0 Å². The lowest BCUT2D eigenvalue weighted by Crippen LogP contribution is -2.45. The van der Waals surface area contributed by atoms with Gasteiger partial charge in [-0.15, -0.1) is 0 Å². The Kier molecular flexibility index (Phi) is 9.20. The molecule has 3 heterocycles. The van der Waals surface area contributed by atoms with E-state index in [1.165, 1.54) is 29.7 Å². The van der Waals surface area contributed by atoms with Gasteiger partial charge in [0, 0.05) is 6.07 Å². The minimum atomic E-state index is -5.46. The van der Waals surface area contributed by atoms with Crippen LogP contribution in [0.3, 0.4) is 0 Å². The number of aliphatic hydroxyl groups excluding tert-OH is 1. The number of benzene rings is 1. The highest BCUT2D eigenvalue weighted by molar-refractivity contribution is 7.60. The summed E-state index contributed by atoms with van der Waals surface area (Å²) in [5, 5.41) is 23.1. The fourth-order valence-corrected chi connectivity index (χ4v) is 6.26. The summed E-state index contributed by atoms with van der Waals surface area (Å²) in [6, 6.07) is 5.78. The van der Waals surface area contributed by atoms with Crippen molar-refractivity contribution in [1.29, 1.82) is 0 Å². The third kappa shape index (κ3) is 7.06. The number of nitrogens with zero attached hydrogens (tertiary/aromatic N) is 4. The van der Waals surface area contributed by atoms with Gasteiger partial charge in [0.1, 0.15) is 18.3 Å². The summed E-state index contributed by atoms with van der Waals surface area (Å²) in [7, 11) is -10.8. The van der Waals surface area contributed by atoms with Crippen molar-refractivity contribution in [2.24, 2.45) is 5.41 Å². The number of nitro groups is 1. The zero-order chi connectivity index (χ0) is 32.8. The van der Waals surface area contributed by atoms with Gasteiger partial charge in [0.15, 0.2) is 23.0 Å². The van der Waals surface area contributed by atoms with Gasteiger partial charge in [0.2, 0.25) is 5.95 Å². The maximum atomic E-state index is 12.4. The standard InChI is InChI=1S/C22H30N6O14P2/c1-21(2,3)16(11-7-5-6-8-12(11)28(31)32)40-41-17-15(29)13(9-38-44(36,37)42-43(33,34)35)39-22(17,4)27-10-24-14-18(27)25-20(23)26-19(14)30/h5-8,10,13,15-17,29H,9H2,1-4H3,(H,36,37)(H2,33,34,35)(H3,23,25,26,30)/t13-,15-,16+,17-,22-/m1/s1. The molecule has 1 saturated heterocycles. The molecular weight excluding hydrogens is 634 g/mol. The van der Waals surface area contributed by atoms with Crippen LogP contribution in [0.2, 0.25) is 0 Å². The summed E-state index contributed by atoms with van der Waals surface area (Å²) in [6.07, 6.45) is -4.93. The predicted molar refractivity (Wildman–Crippen MR) is 147 cm³/mol. The number of aromatic nitrogens is 4. The molecule has 22 heteroatoms. The molecule has 0 spiro atoms. The number of hydrogen-bond donors (Lipinski definition) is 6. The van der Waals surface area contributed by atoms with Crippen LogP contribution in [0.1, 0.15) is 39.4 Å². The third-order valence-electron chi connectivity index (χ3n) is 6.58. The number of imidazole rings is 1. The van der Waals surface area contributed by atoms with Crippen molar-refractivity contribution in [2.45, 2.75) is 57.8 Å². The number of phosphoric ester groups is 1. The molecule has 6 atom stereocenters. The first-order chi connectivity index (χ1) is 20.2. The van der Waals surface area contributed by atoms with E-state index in [0.717, 1.165) is 6.33 Å². The smallest absolute Gasteiger partial charge is 0.387 e. The second kappa shape index (κ2) is 12.0. The van der Waals surface area contributed by atoms with Crippen LogP contribution in [0.5, 0.6) is 0 Å². The van der Waals surface area contributed by atoms with Crippen LogP contribution >= 0.6 is 15.6 Å². The Morgan fingerprint density at radius 3 is 2.55 bits per heavy atom. The molecule has 44 heavy (non-hydrogen) atoms. The Bertz CT molecular complexity index is 1700. The normalized spacial score (nSPS) is 24.8. The molecule has 7 N–H and O–H groups in total. The number of nitrogens with two attached hydrogens (primary N) is 1. The zero-order valence-electron chi connectivity index (χ0n) is 23.5. The number of hydrogen-bond acceptors (Lipinski definition) is 14. The molecule has 0 aliphatic carbocycles. The molecule has 1 aliphatic rings. The van der Waals surface area contributed by atoms with E-state index in [-0.39, 0.29) is 28.4 Å². The second-order valence-corrected chi connectivity index (χ2v) is 13.8. The molecule has 2 aromatic heterocycles. The summed E-state index contributed by atoms with van der Waals surface area (Å²) >= 11 is 0. The van der Waals surface area contributed by atoms with Crippen LogP contribution in [0, 0.1) is 15.5 Å². The highest BCUT2D eigenvalue weighted by Crippen LogP contribution is 2.58. The van der Waals surface area contributed by atoms with E-state index in [4.69, 9.17) is 30.0 Å². The van der Waals surface area contributed by atoms with E-state index < -0.39 is 68.3 Å². The molecule has 0 bridgehead atoms. The highest BCUT2D eigenvalue weighted by atomic mass is 31.3. The average Bonchev–Trinajstić information content (AvgIpc) is 3.41. The number of aliphatic hydroxyl groups is 1. The monoisotopic (exact) mass is 664 g/mol. The largest absolute Gasteiger partial charge is 0.481 e. The van der Waals surface area contributed by atoms with Gasteiger partial charge in [-0.05, 0) is 18.4 Å². The molecule has 0 radical (unpaired) electrons. The number of nitrogens with one attached hydrogen (secondary N) is 1. The van der Waals surface area contributed by atoms with Crippen molar-refractivity contribution >= 4 is 38.4 Å². The summed E-state index contributed by atoms with van der Waals surface area (Å²) in [5.41, 5.74) is 1.85. The van der Waals surface area contributed by atoms with Crippen LogP contribution in [0.15, 0.2) is 35.4 Å². The highest BCUT2D eigenvalue weighted by Gasteiger charge is 2.57. The lowest BCUT2D eigenvalue weighted by atomic mass is 9.84. The number of H-pyrrole nitrogens is 1. The molecule has 1 aromatic carbocycles. The number of aromatic amines is 1. The predicted octanol–water partition coefficient (Wildman–Crippen LogP) is 1.37. The molecule has 1 unspecified atom stereocenters.